The smallest absolute Gasteiger partial charge is 0.258 e. The molecule has 24 heavy (non-hydrogen) atoms. The molecule has 0 fully saturated rings. The fraction of sp³-hybridized carbons (Fsp3) is 0.250. The SMILES string of the molecule is Cc1cc2c(-c3ccc(S(=O)(=O)N[C@@H](C)CO)nc3)ccnc2[nH]1. The van der Waals surface area contributed by atoms with Crippen molar-refractivity contribution in [2.75, 3.05) is 6.61 Å². The summed E-state index contributed by atoms with van der Waals surface area (Å²) < 4.78 is 26.7. The van der Waals surface area contributed by atoms with E-state index in [1.54, 1.807) is 19.2 Å². The molecule has 3 rings (SSSR count). The molecule has 3 aromatic rings. The Morgan fingerprint density at radius 3 is 2.75 bits per heavy atom. The van der Waals surface area contributed by atoms with Gasteiger partial charge in [0.25, 0.3) is 10.0 Å². The molecule has 0 saturated heterocycles. The molecule has 0 bridgehead atoms. The molecular formula is C16H18N4O3S. The second-order valence-electron chi connectivity index (χ2n) is 5.66. The van der Waals surface area contributed by atoms with Gasteiger partial charge in [0.1, 0.15) is 5.65 Å². The van der Waals surface area contributed by atoms with E-state index in [0.29, 0.717) is 0 Å². The maximum Gasteiger partial charge on any atom is 0.258 e. The molecule has 7 nitrogen and oxygen atoms in total. The maximum absolute atomic E-state index is 12.2. The summed E-state index contributed by atoms with van der Waals surface area (Å²) in [6.07, 6.45) is 3.22. The molecule has 3 heterocycles. The monoisotopic (exact) mass is 346 g/mol. The van der Waals surface area contributed by atoms with Gasteiger partial charge in [-0.3, -0.25) is 0 Å². The van der Waals surface area contributed by atoms with E-state index in [-0.39, 0.29) is 11.6 Å². The van der Waals surface area contributed by atoms with E-state index in [4.69, 9.17) is 5.11 Å². The quantitative estimate of drug-likeness (QED) is 0.650. The highest BCUT2D eigenvalue weighted by atomic mass is 32.2. The van der Waals surface area contributed by atoms with Gasteiger partial charge < -0.3 is 10.1 Å². The van der Waals surface area contributed by atoms with Crippen molar-refractivity contribution in [3.8, 4) is 11.1 Å². The lowest BCUT2D eigenvalue weighted by atomic mass is 10.1. The maximum atomic E-state index is 12.2. The van der Waals surface area contributed by atoms with Gasteiger partial charge in [0.05, 0.1) is 6.61 Å². The van der Waals surface area contributed by atoms with E-state index < -0.39 is 16.1 Å². The molecule has 0 unspecified atom stereocenters. The summed E-state index contributed by atoms with van der Waals surface area (Å²) in [5.74, 6) is 0. The highest BCUT2D eigenvalue weighted by Crippen LogP contribution is 2.27. The number of aliphatic hydroxyl groups excluding tert-OH is 1. The van der Waals surface area contributed by atoms with Gasteiger partial charge in [0.15, 0.2) is 5.03 Å². The van der Waals surface area contributed by atoms with Crippen molar-refractivity contribution in [1.82, 2.24) is 19.7 Å². The van der Waals surface area contributed by atoms with Gasteiger partial charge >= 0.3 is 0 Å². The third-order valence-electron chi connectivity index (χ3n) is 3.62. The van der Waals surface area contributed by atoms with Crippen molar-refractivity contribution >= 4 is 21.1 Å². The lowest BCUT2D eigenvalue weighted by Gasteiger charge is -2.11. The molecule has 8 heteroatoms. The number of hydrogen-bond acceptors (Lipinski definition) is 5. The minimum absolute atomic E-state index is 0.0814. The number of sulfonamides is 1. The Hall–Kier alpha value is -2.29. The van der Waals surface area contributed by atoms with Crippen LogP contribution in [0.1, 0.15) is 12.6 Å². The lowest BCUT2D eigenvalue weighted by molar-refractivity contribution is 0.265. The summed E-state index contributed by atoms with van der Waals surface area (Å²) in [5.41, 5.74) is 3.51. The molecule has 1 atom stereocenters. The van der Waals surface area contributed by atoms with Crippen molar-refractivity contribution in [3.63, 3.8) is 0 Å². The molecule has 0 aliphatic heterocycles. The van der Waals surface area contributed by atoms with Gasteiger partial charge in [-0.1, -0.05) is 0 Å². The van der Waals surface area contributed by atoms with Crippen LogP contribution in [0.2, 0.25) is 0 Å². The second kappa shape index (κ2) is 6.31. The van der Waals surface area contributed by atoms with Gasteiger partial charge in [-0.2, -0.15) is 0 Å². The minimum atomic E-state index is -3.75. The number of nitrogens with one attached hydrogen (secondary N) is 2. The summed E-state index contributed by atoms with van der Waals surface area (Å²) in [6.45, 7) is 3.25. The Bertz CT molecular complexity index is 965. The first-order valence-electron chi connectivity index (χ1n) is 7.44. The highest BCUT2D eigenvalue weighted by Gasteiger charge is 2.18. The van der Waals surface area contributed by atoms with Crippen LogP contribution in [0.3, 0.4) is 0 Å². The number of aromatic amines is 1. The lowest BCUT2D eigenvalue weighted by Crippen LogP contribution is -2.35. The zero-order valence-electron chi connectivity index (χ0n) is 13.3. The number of nitrogens with zero attached hydrogens (tertiary/aromatic N) is 2. The first-order chi connectivity index (χ1) is 11.4. The second-order valence-corrected chi connectivity index (χ2v) is 7.32. The topological polar surface area (TPSA) is 108 Å². The number of rotatable bonds is 5. The van der Waals surface area contributed by atoms with Crippen LogP contribution in [-0.4, -0.2) is 41.1 Å². The van der Waals surface area contributed by atoms with Crippen molar-refractivity contribution in [1.29, 1.82) is 0 Å². The number of hydrogen-bond donors (Lipinski definition) is 3. The molecule has 0 aliphatic rings. The molecule has 0 radical (unpaired) electrons. The summed E-state index contributed by atoms with van der Waals surface area (Å²) in [4.78, 5) is 11.5. The van der Waals surface area contributed by atoms with Crippen LogP contribution >= 0.6 is 0 Å². The predicted octanol–water partition coefficient (Wildman–Crippen LogP) is 1.59. The average molecular weight is 346 g/mol. The fourth-order valence-electron chi connectivity index (χ4n) is 2.47. The van der Waals surface area contributed by atoms with E-state index in [1.807, 2.05) is 19.1 Å². The Morgan fingerprint density at radius 1 is 1.29 bits per heavy atom. The minimum Gasteiger partial charge on any atom is -0.395 e. The van der Waals surface area contributed by atoms with E-state index in [0.717, 1.165) is 27.9 Å². The highest BCUT2D eigenvalue weighted by molar-refractivity contribution is 7.89. The molecule has 0 aliphatic carbocycles. The average Bonchev–Trinajstić information content (AvgIpc) is 2.94. The Kier molecular flexibility index (Phi) is 4.35. The normalized spacial score (nSPS) is 13.3. The van der Waals surface area contributed by atoms with E-state index in [2.05, 4.69) is 19.7 Å². The predicted molar refractivity (Wildman–Crippen MR) is 90.9 cm³/mol. The molecule has 126 valence electrons. The van der Waals surface area contributed by atoms with Crippen LogP contribution in [0.25, 0.3) is 22.2 Å². The van der Waals surface area contributed by atoms with Gasteiger partial charge in [-0.25, -0.2) is 23.1 Å². The van der Waals surface area contributed by atoms with Crippen LogP contribution in [0.5, 0.6) is 0 Å². The molecule has 0 spiro atoms. The molecule has 0 saturated carbocycles. The van der Waals surface area contributed by atoms with Gasteiger partial charge in [-0.05, 0) is 43.7 Å². The summed E-state index contributed by atoms with van der Waals surface area (Å²) >= 11 is 0. The first kappa shape index (κ1) is 16.6. The largest absolute Gasteiger partial charge is 0.395 e. The van der Waals surface area contributed by atoms with Crippen LogP contribution in [0.15, 0.2) is 41.7 Å². The van der Waals surface area contributed by atoms with Crippen LogP contribution in [0.4, 0.5) is 0 Å². The van der Waals surface area contributed by atoms with Crippen LogP contribution in [-0.2, 0) is 10.0 Å². The van der Waals surface area contributed by atoms with Crippen molar-refractivity contribution < 1.29 is 13.5 Å². The van der Waals surface area contributed by atoms with E-state index in [1.165, 1.54) is 12.3 Å². The Morgan fingerprint density at radius 2 is 2.08 bits per heavy atom. The van der Waals surface area contributed by atoms with Crippen molar-refractivity contribution in [3.05, 3.63) is 42.4 Å². The molecule has 3 N–H and O–H groups in total. The molecule has 0 amide bonds. The van der Waals surface area contributed by atoms with E-state index >= 15 is 0 Å². The van der Waals surface area contributed by atoms with E-state index in [9.17, 15) is 8.42 Å². The number of aromatic nitrogens is 3. The number of pyridine rings is 2. The van der Waals surface area contributed by atoms with Gasteiger partial charge in [0, 0.05) is 35.1 Å². The number of fused-ring (bicyclic) bond motifs is 1. The standard InChI is InChI=1S/C16H18N4O3S/c1-10-7-14-13(5-6-17-16(14)19-10)12-3-4-15(18-8-12)24(22,23)20-11(2)9-21/h3-8,11,20-21H,9H2,1-2H3,(H,17,19)/t11-/m0/s1. The van der Waals surface area contributed by atoms with Crippen LogP contribution in [0, 0.1) is 6.92 Å². The number of aryl methyl sites for hydroxylation is 1. The number of H-pyrrole nitrogens is 1. The summed E-state index contributed by atoms with van der Waals surface area (Å²) in [7, 11) is -3.75. The van der Waals surface area contributed by atoms with Gasteiger partial charge in [0.2, 0.25) is 0 Å². The molecule has 0 aromatic carbocycles. The fourth-order valence-corrected chi connectivity index (χ4v) is 3.63. The van der Waals surface area contributed by atoms with Gasteiger partial charge in [-0.15, -0.1) is 0 Å². The zero-order chi connectivity index (χ0) is 17.3. The van der Waals surface area contributed by atoms with Crippen molar-refractivity contribution in [2.45, 2.75) is 24.9 Å². The van der Waals surface area contributed by atoms with Crippen molar-refractivity contribution in [2.24, 2.45) is 0 Å². The Balaban J connectivity index is 1.97. The third kappa shape index (κ3) is 3.16. The third-order valence-corrected chi connectivity index (χ3v) is 5.12. The zero-order valence-corrected chi connectivity index (χ0v) is 14.1. The summed E-state index contributed by atoms with van der Waals surface area (Å²) in [6, 6.07) is 6.45. The summed E-state index contributed by atoms with van der Waals surface area (Å²) in [5, 5.41) is 9.86. The van der Waals surface area contributed by atoms with Crippen LogP contribution < -0.4 is 4.72 Å². The first-order valence-corrected chi connectivity index (χ1v) is 8.93. The Labute approximate surface area is 139 Å². The number of aliphatic hydroxyl groups is 1. The molecular weight excluding hydrogens is 328 g/mol. The molecule has 3 aromatic heterocycles.